The number of morpholine rings is 1. The summed E-state index contributed by atoms with van der Waals surface area (Å²) in [6, 6.07) is 32.3. The summed E-state index contributed by atoms with van der Waals surface area (Å²) in [7, 11) is 6.59. The maximum Gasteiger partial charge on any atom is 0.103 e. The van der Waals surface area contributed by atoms with Crippen molar-refractivity contribution >= 4 is 0 Å². The van der Waals surface area contributed by atoms with E-state index in [1.807, 2.05) is 33.8 Å². The van der Waals surface area contributed by atoms with Crippen molar-refractivity contribution in [2.75, 3.05) is 67.0 Å². The number of likely N-dealkylation sites (N-methyl/N-ethyl adjacent to an activating group) is 3. The minimum absolute atomic E-state index is 0.131. The predicted octanol–water partition coefficient (Wildman–Crippen LogP) is 9.26. The molecule has 4 nitrogen and oxygen atoms in total. The zero-order valence-corrected chi connectivity index (χ0v) is 31.2. The van der Waals surface area contributed by atoms with E-state index in [0.29, 0.717) is 10.8 Å². The van der Waals surface area contributed by atoms with Gasteiger partial charge in [-0.3, -0.25) is 0 Å². The normalized spacial score (nSPS) is 26.7. The van der Waals surface area contributed by atoms with Gasteiger partial charge in [-0.25, -0.2) is 0 Å². The number of rotatable bonds is 3. The third-order valence-electron chi connectivity index (χ3n) is 9.57. The molecule has 0 bridgehead atoms. The summed E-state index contributed by atoms with van der Waals surface area (Å²) in [4.78, 5) is 7.20. The first-order valence-electron chi connectivity index (χ1n) is 18.0. The van der Waals surface area contributed by atoms with Crippen LogP contribution in [0.25, 0.3) is 0 Å². The van der Waals surface area contributed by atoms with Crippen LogP contribution in [-0.2, 0) is 21.2 Å². The second-order valence-corrected chi connectivity index (χ2v) is 13.7. The van der Waals surface area contributed by atoms with Gasteiger partial charge < -0.3 is 19.4 Å². The molecule has 0 spiro atoms. The van der Waals surface area contributed by atoms with E-state index in [4.69, 9.17) is 4.74 Å². The fraction of sp³-hybridized carbons (Fsp3) is 0.571. The molecule has 3 aliphatic rings. The topological polar surface area (TPSA) is 19.0 Å². The summed E-state index contributed by atoms with van der Waals surface area (Å²) in [5, 5.41) is 0. The van der Waals surface area contributed by atoms with Gasteiger partial charge in [0.1, 0.15) is 5.60 Å². The molecule has 3 aliphatic heterocycles. The zero-order valence-electron chi connectivity index (χ0n) is 31.2. The Hall–Kier alpha value is -2.50. The number of hydrogen-bond acceptors (Lipinski definition) is 4. The largest absolute Gasteiger partial charge is 0.368 e. The van der Waals surface area contributed by atoms with Crippen molar-refractivity contribution in [3.63, 3.8) is 0 Å². The molecule has 0 amide bonds. The Labute approximate surface area is 284 Å². The molecule has 46 heavy (non-hydrogen) atoms. The maximum absolute atomic E-state index is 5.88. The van der Waals surface area contributed by atoms with E-state index in [0.717, 1.165) is 19.7 Å². The molecule has 4 heteroatoms. The minimum Gasteiger partial charge on any atom is -0.368 e. The molecule has 256 valence electrons. The molecule has 3 aromatic rings. The monoisotopic (exact) mass is 630 g/mol. The molecule has 0 radical (unpaired) electrons. The lowest BCUT2D eigenvalue weighted by Crippen LogP contribution is -2.46. The highest BCUT2D eigenvalue weighted by atomic mass is 16.5. The van der Waals surface area contributed by atoms with Crippen LogP contribution < -0.4 is 0 Å². The molecule has 3 aromatic carbocycles. The highest BCUT2D eigenvalue weighted by molar-refractivity contribution is 5.27. The van der Waals surface area contributed by atoms with Crippen molar-refractivity contribution in [1.29, 1.82) is 0 Å². The van der Waals surface area contributed by atoms with Gasteiger partial charge in [0.25, 0.3) is 0 Å². The molecular formula is C42H67N3O. The number of piperidine rings is 2. The lowest BCUT2D eigenvalue weighted by Gasteiger charge is -2.39. The molecule has 3 fully saturated rings. The molecule has 0 aliphatic carbocycles. The van der Waals surface area contributed by atoms with Crippen LogP contribution in [-0.4, -0.2) is 81.7 Å². The van der Waals surface area contributed by atoms with Gasteiger partial charge in [-0.2, -0.15) is 0 Å². The first kappa shape index (κ1) is 39.7. The second-order valence-electron chi connectivity index (χ2n) is 13.7. The van der Waals surface area contributed by atoms with Gasteiger partial charge in [0.2, 0.25) is 0 Å². The summed E-state index contributed by atoms with van der Waals surface area (Å²) >= 11 is 0. The Bertz CT molecular complexity index is 1040. The lowest BCUT2D eigenvalue weighted by molar-refractivity contribution is -0.0963. The van der Waals surface area contributed by atoms with Crippen LogP contribution in [0.15, 0.2) is 91.0 Å². The first-order valence-corrected chi connectivity index (χ1v) is 18.0. The van der Waals surface area contributed by atoms with E-state index in [1.165, 1.54) is 68.6 Å². The maximum atomic E-state index is 5.88. The highest BCUT2D eigenvalue weighted by Crippen LogP contribution is 2.34. The highest BCUT2D eigenvalue weighted by Gasteiger charge is 2.33. The van der Waals surface area contributed by atoms with Crippen LogP contribution in [0.3, 0.4) is 0 Å². The molecule has 3 atom stereocenters. The molecule has 0 aromatic heterocycles. The zero-order chi connectivity index (χ0) is 34.1. The number of benzene rings is 3. The Balaban J connectivity index is 0.000000227. The predicted molar refractivity (Wildman–Crippen MR) is 201 cm³/mol. The first-order chi connectivity index (χ1) is 22.1. The fourth-order valence-electron chi connectivity index (χ4n) is 7.17. The SMILES string of the molecule is CC.CC.CN1CCCC(C)(c2ccccc2)C1.CN1CCCC(C)(c2ccccc2)C1.CN1CCOC(C)(c2ccccc2)C1. The molecule has 0 N–H and O–H groups in total. The van der Waals surface area contributed by atoms with Gasteiger partial charge in [0, 0.05) is 37.0 Å². The van der Waals surface area contributed by atoms with Crippen LogP contribution in [0.2, 0.25) is 0 Å². The van der Waals surface area contributed by atoms with Crippen molar-refractivity contribution in [1.82, 2.24) is 14.7 Å². The quantitative estimate of drug-likeness (QED) is 0.287. The van der Waals surface area contributed by atoms with Gasteiger partial charge in [-0.1, -0.05) is 133 Å². The number of hydrogen-bond donors (Lipinski definition) is 0. The third kappa shape index (κ3) is 11.9. The molecule has 3 heterocycles. The summed E-state index contributed by atoms with van der Waals surface area (Å²) < 4.78 is 5.88. The van der Waals surface area contributed by atoms with E-state index in [2.05, 4.69) is 142 Å². The standard InChI is InChI=1S/2C13H19N.C12H17NO.2C2H6/c2*1-13(9-6-10-14(2)11-13)12-7-4-3-5-8-12;1-12(10-13(2)8-9-14-12)11-6-4-3-5-7-11;2*1-2/h2*3-5,7-8H,6,9-11H2,1-2H3;3-7H,8-10H2,1-2H3;2*1-2H3. The summed E-state index contributed by atoms with van der Waals surface area (Å²) in [6.07, 6.45) is 5.28. The summed E-state index contributed by atoms with van der Waals surface area (Å²) in [6.45, 7) is 22.6. The number of ether oxygens (including phenoxy) is 1. The Morgan fingerprint density at radius 1 is 0.478 bits per heavy atom. The third-order valence-corrected chi connectivity index (χ3v) is 9.57. The van der Waals surface area contributed by atoms with Crippen molar-refractivity contribution in [3.8, 4) is 0 Å². The second kappa shape index (κ2) is 20.0. The van der Waals surface area contributed by atoms with Crippen LogP contribution >= 0.6 is 0 Å². The average molecular weight is 630 g/mol. The van der Waals surface area contributed by atoms with E-state index in [1.54, 1.807) is 0 Å². The van der Waals surface area contributed by atoms with Crippen molar-refractivity contribution in [3.05, 3.63) is 108 Å². The minimum atomic E-state index is -0.131. The Morgan fingerprint density at radius 3 is 1.17 bits per heavy atom. The van der Waals surface area contributed by atoms with Crippen molar-refractivity contribution in [2.24, 2.45) is 0 Å². The summed E-state index contributed by atoms with van der Waals surface area (Å²) in [5.41, 5.74) is 4.86. The molecule has 0 saturated carbocycles. The van der Waals surface area contributed by atoms with Crippen LogP contribution in [0.4, 0.5) is 0 Å². The van der Waals surface area contributed by atoms with E-state index in [9.17, 15) is 0 Å². The number of likely N-dealkylation sites (tertiary alicyclic amines) is 2. The van der Waals surface area contributed by atoms with Crippen molar-refractivity contribution in [2.45, 2.75) is 90.6 Å². The van der Waals surface area contributed by atoms with Gasteiger partial charge in [0.15, 0.2) is 0 Å². The molecule has 3 unspecified atom stereocenters. The van der Waals surface area contributed by atoms with Gasteiger partial charge in [-0.15, -0.1) is 0 Å². The Kier molecular flexibility index (Phi) is 17.2. The lowest BCUT2D eigenvalue weighted by atomic mass is 9.76. The van der Waals surface area contributed by atoms with Crippen molar-refractivity contribution < 1.29 is 4.74 Å². The van der Waals surface area contributed by atoms with Crippen LogP contribution in [0.1, 0.15) is 90.8 Å². The summed E-state index contributed by atoms with van der Waals surface area (Å²) in [5.74, 6) is 0. The fourth-order valence-corrected chi connectivity index (χ4v) is 7.17. The van der Waals surface area contributed by atoms with Gasteiger partial charge >= 0.3 is 0 Å². The molecule has 3 saturated heterocycles. The van der Waals surface area contributed by atoms with E-state index >= 15 is 0 Å². The van der Waals surface area contributed by atoms with Crippen LogP contribution in [0.5, 0.6) is 0 Å². The Morgan fingerprint density at radius 2 is 0.826 bits per heavy atom. The van der Waals surface area contributed by atoms with Gasteiger partial charge in [-0.05, 0) is 83.5 Å². The van der Waals surface area contributed by atoms with Gasteiger partial charge in [0.05, 0.1) is 6.61 Å². The molecular weight excluding hydrogens is 562 g/mol. The average Bonchev–Trinajstić information content (AvgIpc) is 3.08. The van der Waals surface area contributed by atoms with Crippen LogP contribution in [0, 0.1) is 0 Å². The van der Waals surface area contributed by atoms with E-state index < -0.39 is 0 Å². The van der Waals surface area contributed by atoms with E-state index in [-0.39, 0.29) is 5.60 Å². The molecule has 6 rings (SSSR count). The number of nitrogens with zero attached hydrogens (tertiary/aromatic N) is 3. The smallest absolute Gasteiger partial charge is 0.103 e.